The number of rotatable bonds is 3. The molecular weight excluding hydrogens is 243 g/mol. The van der Waals surface area contributed by atoms with Gasteiger partial charge in [0.05, 0.1) is 12.3 Å². The van der Waals surface area contributed by atoms with Crippen LogP contribution in [0.1, 0.15) is 45.1 Å². The minimum absolute atomic E-state index is 0.0804. The number of piperidine rings is 1. The number of halogens is 1. The maximum Gasteiger partial charge on any atom is 0.140 e. The zero-order valence-electron chi connectivity index (χ0n) is 11.5. The number of hydrogen-bond acceptors (Lipinski definition) is 3. The highest BCUT2D eigenvalue weighted by atomic mass is 19.1. The normalized spacial score (nSPS) is 33.7. The number of hydrogen-bond donors (Lipinski definition) is 1. The summed E-state index contributed by atoms with van der Waals surface area (Å²) >= 11 is 0. The van der Waals surface area contributed by atoms with Crippen molar-refractivity contribution >= 4 is 0 Å². The molecule has 3 heterocycles. The number of ether oxygens (including phenoxy) is 1. The highest BCUT2D eigenvalue weighted by Crippen LogP contribution is 2.44. The van der Waals surface area contributed by atoms with Crippen LogP contribution in [0.5, 0.6) is 5.75 Å². The molecular formula is C15H21FN2O. The van der Waals surface area contributed by atoms with Gasteiger partial charge in [0, 0.05) is 36.7 Å². The molecule has 3 nitrogen and oxygen atoms in total. The molecule has 0 radical (unpaired) electrons. The second-order valence-corrected chi connectivity index (χ2v) is 6.09. The highest BCUT2D eigenvalue weighted by Gasteiger charge is 2.45. The van der Waals surface area contributed by atoms with E-state index >= 15 is 4.39 Å². The van der Waals surface area contributed by atoms with Crippen LogP contribution in [0.15, 0.2) is 18.5 Å². The fourth-order valence-electron chi connectivity index (χ4n) is 3.32. The van der Waals surface area contributed by atoms with Gasteiger partial charge in [0.15, 0.2) is 0 Å². The average molecular weight is 264 g/mol. The second-order valence-electron chi connectivity index (χ2n) is 6.09. The minimum Gasteiger partial charge on any atom is -0.489 e. The molecule has 0 aromatic carbocycles. The van der Waals surface area contributed by atoms with Gasteiger partial charge < -0.3 is 10.1 Å². The number of fused-ring (bicyclic) bond motifs is 2. The van der Waals surface area contributed by atoms with Crippen molar-refractivity contribution in [2.24, 2.45) is 0 Å². The summed E-state index contributed by atoms with van der Waals surface area (Å²) in [6, 6.07) is 2.45. The maximum atomic E-state index is 15.2. The van der Waals surface area contributed by atoms with E-state index in [-0.39, 0.29) is 6.10 Å². The quantitative estimate of drug-likeness (QED) is 0.911. The van der Waals surface area contributed by atoms with E-state index in [0.717, 1.165) is 12.8 Å². The van der Waals surface area contributed by atoms with Gasteiger partial charge >= 0.3 is 0 Å². The average Bonchev–Trinajstić information content (AvgIpc) is 2.69. The molecule has 0 aliphatic carbocycles. The van der Waals surface area contributed by atoms with Crippen LogP contribution in [0.25, 0.3) is 0 Å². The molecule has 104 valence electrons. The molecule has 2 aliphatic rings. The van der Waals surface area contributed by atoms with Crippen LogP contribution in [0.4, 0.5) is 4.39 Å². The van der Waals surface area contributed by atoms with E-state index in [9.17, 15) is 0 Å². The molecule has 2 aliphatic heterocycles. The van der Waals surface area contributed by atoms with Gasteiger partial charge in [0.1, 0.15) is 11.4 Å². The molecule has 0 amide bonds. The van der Waals surface area contributed by atoms with Gasteiger partial charge in [0.2, 0.25) is 0 Å². The first-order valence-electron chi connectivity index (χ1n) is 7.12. The molecule has 2 unspecified atom stereocenters. The zero-order chi connectivity index (χ0) is 13.5. The first-order valence-corrected chi connectivity index (χ1v) is 7.12. The third-order valence-electron chi connectivity index (χ3n) is 4.08. The summed E-state index contributed by atoms with van der Waals surface area (Å²) in [6.07, 6.45) is 6.67. The van der Waals surface area contributed by atoms with Crippen LogP contribution in [0.3, 0.4) is 0 Å². The Balaban J connectivity index is 1.84. The van der Waals surface area contributed by atoms with E-state index in [2.05, 4.69) is 10.3 Å². The summed E-state index contributed by atoms with van der Waals surface area (Å²) in [4.78, 5) is 4.14. The molecule has 2 fully saturated rings. The van der Waals surface area contributed by atoms with Crippen molar-refractivity contribution in [1.29, 1.82) is 0 Å². The fraction of sp³-hybridized carbons (Fsp3) is 0.667. The predicted molar refractivity (Wildman–Crippen MR) is 72.0 cm³/mol. The number of pyridine rings is 1. The van der Waals surface area contributed by atoms with Crippen LogP contribution in [-0.2, 0) is 5.67 Å². The molecule has 4 heteroatoms. The molecule has 2 atom stereocenters. The van der Waals surface area contributed by atoms with E-state index in [0.29, 0.717) is 36.2 Å². The van der Waals surface area contributed by atoms with Crippen molar-refractivity contribution in [3.63, 3.8) is 0 Å². The standard InChI is InChI=1S/C15H21FN2O/c1-10(2)19-14-5-11(8-17-9-14)15(16)6-12-3-4-13(7-15)18-12/h5,8-10,12-13,18H,3-4,6-7H2,1-2H3. The molecule has 0 spiro atoms. The number of aromatic nitrogens is 1. The van der Waals surface area contributed by atoms with Gasteiger partial charge in [-0.05, 0) is 32.8 Å². The first kappa shape index (κ1) is 12.9. The molecule has 1 N–H and O–H groups in total. The maximum absolute atomic E-state index is 15.2. The third kappa shape index (κ3) is 2.59. The number of nitrogens with zero attached hydrogens (tertiary/aromatic N) is 1. The summed E-state index contributed by atoms with van der Waals surface area (Å²) in [5.74, 6) is 0.662. The Labute approximate surface area is 113 Å². The molecule has 19 heavy (non-hydrogen) atoms. The van der Waals surface area contributed by atoms with E-state index in [1.807, 2.05) is 19.9 Å². The van der Waals surface area contributed by atoms with E-state index in [1.165, 1.54) is 0 Å². The fourth-order valence-corrected chi connectivity index (χ4v) is 3.32. The molecule has 3 rings (SSSR count). The minimum atomic E-state index is -1.25. The largest absolute Gasteiger partial charge is 0.489 e. The molecule has 2 bridgehead atoms. The van der Waals surface area contributed by atoms with E-state index < -0.39 is 5.67 Å². The zero-order valence-corrected chi connectivity index (χ0v) is 11.5. The van der Waals surface area contributed by atoms with E-state index in [1.54, 1.807) is 12.4 Å². The summed E-state index contributed by atoms with van der Waals surface area (Å²) in [6.45, 7) is 3.92. The van der Waals surface area contributed by atoms with Crippen LogP contribution < -0.4 is 10.1 Å². The van der Waals surface area contributed by atoms with Gasteiger partial charge in [-0.2, -0.15) is 0 Å². The monoisotopic (exact) mass is 264 g/mol. The Hall–Kier alpha value is -1.16. The second kappa shape index (κ2) is 4.75. The van der Waals surface area contributed by atoms with Crippen molar-refractivity contribution in [3.8, 4) is 5.75 Å². The number of nitrogens with one attached hydrogen (secondary N) is 1. The molecule has 2 saturated heterocycles. The Morgan fingerprint density at radius 2 is 2.00 bits per heavy atom. The lowest BCUT2D eigenvalue weighted by molar-refractivity contribution is 0.0864. The SMILES string of the molecule is CC(C)Oc1cncc(C2(F)CC3CCC(C2)N3)c1. The summed E-state index contributed by atoms with van der Waals surface area (Å²) in [5, 5.41) is 3.47. The van der Waals surface area contributed by atoms with Gasteiger partial charge in [-0.3, -0.25) is 4.98 Å². The van der Waals surface area contributed by atoms with Gasteiger partial charge in [-0.1, -0.05) is 0 Å². The lowest BCUT2D eigenvalue weighted by atomic mass is 9.84. The molecule has 1 aromatic rings. The molecule has 0 saturated carbocycles. The third-order valence-corrected chi connectivity index (χ3v) is 4.08. The van der Waals surface area contributed by atoms with Crippen molar-refractivity contribution in [3.05, 3.63) is 24.0 Å². The summed E-state index contributed by atoms with van der Waals surface area (Å²) in [7, 11) is 0. The Morgan fingerprint density at radius 3 is 2.63 bits per heavy atom. The molecule has 1 aromatic heterocycles. The van der Waals surface area contributed by atoms with E-state index in [4.69, 9.17) is 4.74 Å². The lowest BCUT2D eigenvalue weighted by Crippen LogP contribution is -2.44. The highest BCUT2D eigenvalue weighted by molar-refractivity contribution is 5.30. The van der Waals surface area contributed by atoms with Crippen LogP contribution >= 0.6 is 0 Å². The number of alkyl halides is 1. The van der Waals surface area contributed by atoms with Crippen LogP contribution in [0.2, 0.25) is 0 Å². The van der Waals surface area contributed by atoms with Gasteiger partial charge in [-0.15, -0.1) is 0 Å². The van der Waals surface area contributed by atoms with Crippen LogP contribution in [-0.4, -0.2) is 23.2 Å². The van der Waals surface area contributed by atoms with Crippen molar-refractivity contribution in [1.82, 2.24) is 10.3 Å². The van der Waals surface area contributed by atoms with Crippen molar-refractivity contribution in [2.75, 3.05) is 0 Å². The Bertz CT molecular complexity index is 451. The Kier molecular flexibility index (Phi) is 3.21. The van der Waals surface area contributed by atoms with Crippen LogP contribution in [0, 0.1) is 0 Å². The topological polar surface area (TPSA) is 34.1 Å². The van der Waals surface area contributed by atoms with Crippen molar-refractivity contribution in [2.45, 2.75) is 63.4 Å². The summed E-state index contributed by atoms with van der Waals surface area (Å²) < 4.78 is 20.8. The Morgan fingerprint density at radius 1 is 1.32 bits per heavy atom. The summed E-state index contributed by atoms with van der Waals surface area (Å²) in [5.41, 5.74) is -0.579. The van der Waals surface area contributed by atoms with Gasteiger partial charge in [0.25, 0.3) is 0 Å². The predicted octanol–water partition coefficient (Wildman–Crippen LogP) is 2.95. The van der Waals surface area contributed by atoms with Gasteiger partial charge in [-0.25, -0.2) is 4.39 Å². The van der Waals surface area contributed by atoms with Crippen molar-refractivity contribution < 1.29 is 9.13 Å². The first-order chi connectivity index (χ1) is 9.05. The lowest BCUT2D eigenvalue weighted by Gasteiger charge is -2.35. The smallest absolute Gasteiger partial charge is 0.140 e.